The number of H-pyrrole nitrogens is 1. The van der Waals surface area contributed by atoms with E-state index in [2.05, 4.69) is 20.5 Å². The van der Waals surface area contributed by atoms with Gasteiger partial charge < -0.3 is 19.3 Å². The van der Waals surface area contributed by atoms with Crippen molar-refractivity contribution in [2.75, 3.05) is 31.0 Å². The minimum Gasteiger partial charge on any atom is -0.491 e. The molecule has 11 heteroatoms. The Kier molecular flexibility index (Phi) is 6.97. The van der Waals surface area contributed by atoms with E-state index in [0.29, 0.717) is 5.75 Å². The predicted molar refractivity (Wildman–Crippen MR) is 136 cm³/mol. The lowest BCUT2D eigenvalue weighted by atomic mass is 10.2. The van der Waals surface area contributed by atoms with Crippen LogP contribution in [0.5, 0.6) is 5.75 Å². The normalized spacial score (nSPS) is 12.2. The van der Waals surface area contributed by atoms with Gasteiger partial charge in [-0.05, 0) is 29.8 Å². The van der Waals surface area contributed by atoms with E-state index in [4.69, 9.17) is 4.74 Å². The monoisotopic (exact) mass is 477 g/mol. The van der Waals surface area contributed by atoms with E-state index < -0.39 is 17.4 Å². The molecule has 4 aromatic rings. The summed E-state index contributed by atoms with van der Waals surface area (Å²) >= 11 is 0. The van der Waals surface area contributed by atoms with Gasteiger partial charge in [0, 0.05) is 26.8 Å². The summed E-state index contributed by atoms with van der Waals surface area (Å²) in [4.78, 5) is 33.3. The van der Waals surface area contributed by atoms with E-state index >= 15 is 0 Å². The van der Waals surface area contributed by atoms with E-state index in [9.17, 15) is 14.7 Å². The first-order valence-corrected chi connectivity index (χ1v) is 11.0. The van der Waals surface area contributed by atoms with Crippen LogP contribution in [0.1, 0.15) is 5.56 Å². The van der Waals surface area contributed by atoms with Gasteiger partial charge in [0.2, 0.25) is 5.95 Å². The van der Waals surface area contributed by atoms with Crippen LogP contribution in [-0.2, 0) is 13.6 Å². The van der Waals surface area contributed by atoms with Gasteiger partial charge in [-0.3, -0.25) is 14.3 Å². The largest absolute Gasteiger partial charge is 0.491 e. The van der Waals surface area contributed by atoms with Crippen LogP contribution in [0, 0.1) is 0 Å². The topological polar surface area (TPSA) is 130 Å². The number of aryl methyl sites for hydroxylation is 1. The van der Waals surface area contributed by atoms with Crippen LogP contribution in [0.2, 0.25) is 0 Å². The molecule has 0 bridgehead atoms. The predicted octanol–water partition coefficient (Wildman–Crippen LogP) is 1.38. The number of nitrogens with one attached hydrogen (secondary N) is 2. The van der Waals surface area contributed by atoms with Crippen LogP contribution in [0.3, 0.4) is 0 Å². The molecule has 0 amide bonds. The molecule has 0 fully saturated rings. The molecule has 182 valence electrons. The number of fused-ring (bicyclic) bond motifs is 1. The summed E-state index contributed by atoms with van der Waals surface area (Å²) in [7, 11) is 5.43. The minimum atomic E-state index is -0.965. The number of imidazole rings is 1. The molecule has 2 aromatic carbocycles. The van der Waals surface area contributed by atoms with Crippen LogP contribution >= 0.6 is 0 Å². The maximum absolute atomic E-state index is 12.6. The molecule has 0 aliphatic carbocycles. The third-order valence-corrected chi connectivity index (χ3v) is 5.37. The number of aliphatic hydroxyl groups is 1. The number of anilines is 2. The number of hydrazone groups is 1. The summed E-state index contributed by atoms with van der Waals surface area (Å²) in [6, 6.07) is 16.9. The Morgan fingerprint density at radius 2 is 1.89 bits per heavy atom. The fourth-order valence-corrected chi connectivity index (χ4v) is 3.49. The maximum Gasteiger partial charge on any atom is 0.329 e. The highest BCUT2D eigenvalue weighted by Crippen LogP contribution is 2.17. The Morgan fingerprint density at radius 3 is 2.57 bits per heavy atom. The molecule has 3 N–H and O–H groups in total. The van der Waals surface area contributed by atoms with Crippen molar-refractivity contribution in [3.8, 4) is 5.75 Å². The number of rotatable bonds is 9. The minimum absolute atomic E-state index is 0.00567. The molecule has 0 spiro atoms. The zero-order chi connectivity index (χ0) is 24.9. The summed E-state index contributed by atoms with van der Waals surface area (Å²) in [5.74, 6) is 0.817. The molecule has 1 unspecified atom stereocenters. The number of nitrogens with zero attached hydrogens (tertiary/aromatic N) is 5. The smallest absolute Gasteiger partial charge is 0.329 e. The molecule has 2 aromatic heterocycles. The zero-order valence-electron chi connectivity index (χ0n) is 19.7. The number of aromatic nitrogens is 4. The van der Waals surface area contributed by atoms with E-state index in [-0.39, 0.29) is 30.3 Å². The number of para-hydroxylation sites is 1. The third-order valence-electron chi connectivity index (χ3n) is 5.37. The van der Waals surface area contributed by atoms with Crippen LogP contribution in [0.15, 0.2) is 69.3 Å². The number of aliphatic hydroxyl groups excluding tert-OH is 1. The SMILES string of the molecule is CN(C)c1ccc(C=NNc2nc3c(c(=O)[nH]c(=O)n3C)n2CC(O)COc2ccccc2)cc1. The molecule has 0 saturated heterocycles. The van der Waals surface area contributed by atoms with Crippen molar-refractivity contribution in [1.29, 1.82) is 0 Å². The Labute approximate surface area is 200 Å². The summed E-state index contributed by atoms with van der Waals surface area (Å²) < 4.78 is 8.34. The van der Waals surface area contributed by atoms with Gasteiger partial charge in [0.05, 0.1) is 12.8 Å². The lowest BCUT2D eigenvalue weighted by Gasteiger charge is -2.15. The molecule has 0 radical (unpaired) electrons. The second kappa shape index (κ2) is 10.3. The average molecular weight is 478 g/mol. The van der Waals surface area contributed by atoms with E-state index in [1.54, 1.807) is 18.3 Å². The quantitative estimate of drug-likeness (QED) is 0.245. The van der Waals surface area contributed by atoms with Gasteiger partial charge in [0.1, 0.15) is 18.5 Å². The molecular formula is C24H27N7O4. The van der Waals surface area contributed by atoms with E-state index in [1.165, 1.54) is 16.2 Å². The van der Waals surface area contributed by atoms with E-state index in [1.807, 2.05) is 61.5 Å². The first-order valence-electron chi connectivity index (χ1n) is 11.0. The fraction of sp³-hybridized carbons (Fsp3) is 0.250. The lowest BCUT2D eigenvalue weighted by molar-refractivity contribution is 0.0938. The second-order valence-electron chi connectivity index (χ2n) is 8.17. The van der Waals surface area contributed by atoms with Gasteiger partial charge in [-0.15, -0.1) is 0 Å². The second-order valence-corrected chi connectivity index (χ2v) is 8.17. The lowest BCUT2D eigenvalue weighted by Crippen LogP contribution is -2.30. The van der Waals surface area contributed by atoms with Crippen LogP contribution in [-0.4, -0.2) is 57.2 Å². The number of hydrogen-bond donors (Lipinski definition) is 3. The Balaban J connectivity index is 1.60. The van der Waals surface area contributed by atoms with Crippen LogP contribution in [0.4, 0.5) is 11.6 Å². The highest BCUT2D eigenvalue weighted by atomic mass is 16.5. The van der Waals surface area contributed by atoms with Crippen LogP contribution in [0.25, 0.3) is 11.2 Å². The van der Waals surface area contributed by atoms with Crippen molar-refractivity contribution in [3.63, 3.8) is 0 Å². The number of ether oxygens (including phenoxy) is 1. The first-order chi connectivity index (χ1) is 16.8. The van der Waals surface area contributed by atoms with Crippen LogP contribution < -0.4 is 26.3 Å². The van der Waals surface area contributed by atoms with Gasteiger partial charge in [0.25, 0.3) is 5.56 Å². The van der Waals surface area contributed by atoms with Gasteiger partial charge in [-0.2, -0.15) is 10.1 Å². The summed E-state index contributed by atoms with van der Waals surface area (Å²) in [6.45, 7) is -0.0196. The van der Waals surface area contributed by atoms with Crippen molar-refractivity contribution in [2.24, 2.45) is 12.1 Å². The van der Waals surface area contributed by atoms with Crippen molar-refractivity contribution in [2.45, 2.75) is 12.6 Å². The summed E-state index contributed by atoms with van der Waals surface area (Å²) in [5.41, 5.74) is 3.86. The fourth-order valence-electron chi connectivity index (χ4n) is 3.49. The van der Waals surface area contributed by atoms with Crippen molar-refractivity contribution >= 4 is 29.0 Å². The van der Waals surface area contributed by atoms with E-state index in [0.717, 1.165) is 11.3 Å². The summed E-state index contributed by atoms with van der Waals surface area (Å²) in [5, 5.41) is 14.9. The molecular weight excluding hydrogens is 450 g/mol. The highest BCUT2D eigenvalue weighted by molar-refractivity contribution is 5.81. The molecule has 0 aliphatic rings. The Hall–Kier alpha value is -4.38. The molecule has 2 heterocycles. The Bertz CT molecular complexity index is 1440. The van der Waals surface area contributed by atoms with Gasteiger partial charge in [-0.25, -0.2) is 10.2 Å². The van der Waals surface area contributed by atoms with Crippen molar-refractivity contribution in [1.82, 2.24) is 19.1 Å². The third kappa shape index (κ3) is 5.41. The van der Waals surface area contributed by atoms with Gasteiger partial charge >= 0.3 is 5.69 Å². The molecule has 0 aliphatic heterocycles. The standard InChI is InChI=1S/C24H27N7O4/c1-29(2)17-11-9-16(10-12-17)13-25-28-23-26-21-20(22(33)27-24(34)30(21)3)31(23)14-18(32)15-35-19-7-5-4-6-8-19/h4-13,18,32H,14-15H2,1-3H3,(H,26,28)(H,27,33,34). The molecule has 1 atom stereocenters. The van der Waals surface area contributed by atoms with Gasteiger partial charge in [0.15, 0.2) is 11.2 Å². The Morgan fingerprint density at radius 1 is 1.17 bits per heavy atom. The molecule has 11 nitrogen and oxygen atoms in total. The van der Waals surface area contributed by atoms with Crippen molar-refractivity contribution < 1.29 is 9.84 Å². The summed E-state index contributed by atoms with van der Waals surface area (Å²) in [6.07, 6.45) is 0.647. The first kappa shape index (κ1) is 23.8. The molecule has 35 heavy (non-hydrogen) atoms. The molecule has 4 rings (SSSR count). The number of hydrogen-bond acceptors (Lipinski definition) is 8. The number of benzene rings is 2. The van der Waals surface area contributed by atoms with Crippen molar-refractivity contribution in [3.05, 3.63) is 81.0 Å². The molecule has 0 saturated carbocycles. The zero-order valence-corrected chi connectivity index (χ0v) is 19.7. The maximum atomic E-state index is 12.6. The van der Waals surface area contributed by atoms with Gasteiger partial charge in [-0.1, -0.05) is 30.3 Å². The average Bonchev–Trinajstić information content (AvgIpc) is 3.21. The number of aromatic amines is 1. The highest BCUT2D eigenvalue weighted by Gasteiger charge is 2.20.